The van der Waals surface area contributed by atoms with Crippen LogP contribution in [-0.2, 0) is 4.79 Å². The Labute approximate surface area is 113 Å². The molecule has 3 N–H and O–H groups in total. The second-order valence-electron chi connectivity index (χ2n) is 4.94. The van der Waals surface area contributed by atoms with Gasteiger partial charge in [0.15, 0.2) is 0 Å². The quantitative estimate of drug-likeness (QED) is 0.760. The van der Waals surface area contributed by atoms with Crippen molar-refractivity contribution in [1.82, 2.24) is 5.32 Å². The van der Waals surface area contributed by atoms with Gasteiger partial charge in [0.25, 0.3) is 0 Å². The Hall–Kier alpha value is -1.88. The summed E-state index contributed by atoms with van der Waals surface area (Å²) >= 11 is 0. The predicted octanol–water partition coefficient (Wildman–Crippen LogP) is 2.02. The molecule has 19 heavy (non-hydrogen) atoms. The summed E-state index contributed by atoms with van der Waals surface area (Å²) in [7, 11) is 0. The molecule has 1 rings (SSSR count). The lowest BCUT2D eigenvalue weighted by Crippen LogP contribution is -2.49. The lowest BCUT2D eigenvalue weighted by molar-refractivity contribution is -0.121. The molecular formula is C14H20N2O3. The highest BCUT2D eigenvalue weighted by atomic mass is 16.4. The van der Waals surface area contributed by atoms with Crippen molar-refractivity contribution in [1.29, 1.82) is 0 Å². The highest BCUT2D eigenvalue weighted by molar-refractivity contribution is 5.99. The Balaban J connectivity index is 2.96. The molecule has 1 amide bonds. The number of benzene rings is 1. The number of hydrogen-bond donors (Lipinski definition) is 3. The minimum atomic E-state index is -1.01. The van der Waals surface area contributed by atoms with Crippen LogP contribution in [0.3, 0.4) is 0 Å². The van der Waals surface area contributed by atoms with Crippen LogP contribution in [0.15, 0.2) is 18.2 Å². The summed E-state index contributed by atoms with van der Waals surface area (Å²) in [5.74, 6) is -1.21. The van der Waals surface area contributed by atoms with E-state index in [4.69, 9.17) is 5.11 Å². The minimum Gasteiger partial charge on any atom is -0.478 e. The SMILES string of the molecule is CCNC(C)(C)C(=O)Nc1cc(C(=O)O)ccc1C. The van der Waals surface area contributed by atoms with Crippen molar-refractivity contribution < 1.29 is 14.7 Å². The summed E-state index contributed by atoms with van der Waals surface area (Å²) in [6.07, 6.45) is 0. The van der Waals surface area contributed by atoms with Crippen LogP contribution in [-0.4, -0.2) is 29.1 Å². The van der Waals surface area contributed by atoms with Gasteiger partial charge in [-0.3, -0.25) is 4.79 Å². The number of carboxylic acids is 1. The first-order chi connectivity index (χ1) is 8.77. The topological polar surface area (TPSA) is 78.4 Å². The van der Waals surface area contributed by atoms with E-state index in [2.05, 4.69) is 10.6 Å². The van der Waals surface area contributed by atoms with Gasteiger partial charge in [-0.1, -0.05) is 13.0 Å². The third-order valence-corrected chi connectivity index (χ3v) is 2.92. The van der Waals surface area contributed by atoms with Crippen molar-refractivity contribution >= 4 is 17.6 Å². The summed E-state index contributed by atoms with van der Waals surface area (Å²) in [6.45, 7) is 7.98. The molecule has 0 bridgehead atoms. The molecular weight excluding hydrogens is 244 g/mol. The fourth-order valence-corrected chi connectivity index (χ4v) is 1.69. The van der Waals surface area contributed by atoms with E-state index in [1.54, 1.807) is 19.9 Å². The van der Waals surface area contributed by atoms with Gasteiger partial charge < -0.3 is 15.7 Å². The number of amides is 1. The fraction of sp³-hybridized carbons (Fsp3) is 0.429. The zero-order valence-corrected chi connectivity index (χ0v) is 11.7. The van der Waals surface area contributed by atoms with Crippen molar-refractivity contribution in [2.24, 2.45) is 0 Å². The number of carboxylic acid groups (broad SMARTS) is 1. The Morgan fingerprint density at radius 1 is 1.32 bits per heavy atom. The number of aromatic carboxylic acids is 1. The number of carbonyl (C=O) groups is 2. The maximum Gasteiger partial charge on any atom is 0.335 e. The van der Waals surface area contributed by atoms with Gasteiger partial charge in [0.05, 0.1) is 11.1 Å². The lowest BCUT2D eigenvalue weighted by atomic mass is 10.0. The number of nitrogens with one attached hydrogen (secondary N) is 2. The second-order valence-corrected chi connectivity index (χ2v) is 4.94. The fourth-order valence-electron chi connectivity index (χ4n) is 1.69. The molecule has 0 saturated carbocycles. The van der Waals surface area contributed by atoms with E-state index in [0.29, 0.717) is 12.2 Å². The molecule has 0 aliphatic rings. The number of rotatable bonds is 5. The Bertz CT molecular complexity index is 495. The molecule has 0 atom stereocenters. The average Bonchev–Trinajstić information content (AvgIpc) is 2.31. The second kappa shape index (κ2) is 5.84. The molecule has 0 heterocycles. The highest BCUT2D eigenvalue weighted by Crippen LogP contribution is 2.18. The Morgan fingerprint density at radius 2 is 1.95 bits per heavy atom. The van der Waals surface area contributed by atoms with Crippen LogP contribution in [0.2, 0.25) is 0 Å². The maximum atomic E-state index is 12.1. The number of aryl methyl sites for hydroxylation is 1. The van der Waals surface area contributed by atoms with E-state index in [1.807, 2.05) is 13.8 Å². The highest BCUT2D eigenvalue weighted by Gasteiger charge is 2.26. The number of anilines is 1. The zero-order chi connectivity index (χ0) is 14.6. The van der Waals surface area contributed by atoms with Gasteiger partial charge in [0.1, 0.15) is 0 Å². The van der Waals surface area contributed by atoms with Gasteiger partial charge in [-0.05, 0) is 45.0 Å². The molecule has 5 heteroatoms. The van der Waals surface area contributed by atoms with Crippen LogP contribution in [0.5, 0.6) is 0 Å². The van der Waals surface area contributed by atoms with Crippen molar-refractivity contribution in [2.45, 2.75) is 33.2 Å². The molecule has 0 unspecified atom stereocenters. The van der Waals surface area contributed by atoms with E-state index in [-0.39, 0.29) is 11.5 Å². The first-order valence-electron chi connectivity index (χ1n) is 6.18. The minimum absolute atomic E-state index is 0.155. The van der Waals surface area contributed by atoms with Gasteiger partial charge in [0, 0.05) is 5.69 Å². The molecule has 0 aliphatic carbocycles. The lowest BCUT2D eigenvalue weighted by Gasteiger charge is -2.25. The first kappa shape index (κ1) is 15.2. The molecule has 1 aromatic carbocycles. The van der Waals surface area contributed by atoms with Crippen LogP contribution in [0, 0.1) is 6.92 Å². The van der Waals surface area contributed by atoms with Crippen LogP contribution in [0.4, 0.5) is 5.69 Å². The van der Waals surface area contributed by atoms with Gasteiger partial charge in [-0.15, -0.1) is 0 Å². The van der Waals surface area contributed by atoms with Crippen LogP contribution in [0.25, 0.3) is 0 Å². The summed E-state index contributed by atoms with van der Waals surface area (Å²) in [5.41, 5.74) is 0.795. The Kier molecular flexibility index (Phi) is 4.67. The summed E-state index contributed by atoms with van der Waals surface area (Å²) in [5, 5.41) is 14.8. The average molecular weight is 264 g/mol. The van der Waals surface area contributed by atoms with Crippen molar-refractivity contribution in [3.05, 3.63) is 29.3 Å². The van der Waals surface area contributed by atoms with Gasteiger partial charge in [-0.2, -0.15) is 0 Å². The van der Waals surface area contributed by atoms with Gasteiger partial charge in [-0.25, -0.2) is 4.79 Å². The van der Waals surface area contributed by atoms with Crippen LogP contribution >= 0.6 is 0 Å². The molecule has 1 aromatic rings. The van der Waals surface area contributed by atoms with E-state index >= 15 is 0 Å². The molecule has 5 nitrogen and oxygen atoms in total. The molecule has 0 saturated heterocycles. The standard InChI is InChI=1S/C14H20N2O3/c1-5-15-14(3,4)13(19)16-11-8-10(12(17)18)7-6-9(11)2/h6-8,15H,5H2,1-4H3,(H,16,19)(H,17,18). The molecule has 0 radical (unpaired) electrons. The van der Waals surface area contributed by atoms with Crippen LogP contribution < -0.4 is 10.6 Å². The maximum absolute atomic E-state index is 12.1. The largest absolute Gasteiger partial charge is 0.478 e. The number of likely N-dealkylation sites (N-methyl/N-ethyl adjacent to an activating group) is 1. The molecule has 0 spiro atoms. The van der Waals surface area contributed by atoms with E-state index in [9.17, 15) is 9.59 Å². The monoisotopic (exact) mass is 264 g/mol. The molecule has 104 valence electrons. The third kappa shape index (κ3) is 3.79. The Morgan fingerprint density at radius 3 is 2.47 bits per heavy atom. The van der Waals surface area contributed by atoms with E-state index in [0.717, 1.165) is 5.56 Å². The number of hydrogen-bond acceptors (Lipinski definition) is 3. The van der Waals surface area contributed by atoms with E-state index in [1.165, 1.54) is 12.1 Å². The van der Waals surface area contributed by atoms with Crippen molar-refractivity contribution in [2.75, 3.05) is 11.9 Å². The van der Waals surface area contributed by atoms with E-state index < -0.39 is 11.5 Å². The molecule has 0 aliphatic heterocycles. The molecule has 0 aromatic heterocycles. The molecule has 0 fully saturated rings. The first-order valence-corrected chi connectivity index (χ1v) is 6.18. The normalized spacial score (nSPS) is 11.2. The van der Waals surface area contributed by atoms with Crippen molar-refractivity contribution in [3.63, 3.8) is 0 Å². The predicted molar refractivity (Wildman–Crippen MR) is 74.5 cm³/mol. The third-order valence-electron chi connectivity index (χ3n) is 2.92. The van der Waals surface area contributed by atoms with Crippen LogP contribution in [0.1, 0.15) is 36.7 Å². The zero-order valence-electron chi connectivity index (χ0n) is 11.7. The smallest absolute Gasteiger partial charge is 0.335 e. The number of carbonyl (C=O) groups excluding carboxylic acids is 1. The van der Waals surface area contributed by atoms with Gasteiger partial charge >= 0.3 is 5.97 Å². The summed E-state index contributed by atoms with van der Waals surface area (Å²) < 4.78 is 0. The summed E-state index contributed by atoms with van der Waals surface area (Å²) in [4.78, 5) is 23.1. The summed E-state index contributed by atoms with van der Waals surface area (Å²) in [6, 6.07) is 4.67. The van der Waals surface area contributed by atoms with Gasteiger partial charge in [0.2, 0.25) is 5.91 Å². The van der Waals surface area contributed by atoms with Crippen molar-refractivity contribution in [3.8, 4) is 0 Å².